The van der Waals surface area contributed by atoms with Crippen molar-refractivity contribution in [2.24, 2.45) is 0 Å². The van der Waals surface area contributed by atoms with E-state index in [1.54, 1.807) is 11.9 Å². The Morgan fingerprint density at radius 2 is 2.35 bits per heavy atom. The van der Waals surface area contributed by atoms with Crippen LogP contribution in [0.1, 0.15) is 10.4 Å². The van der Waals surface area contributed by atoms with Crippen molar-refractivity contribution in [2.45, 2.75) is 0 Å². The summed E-state index contributed by atoms with van der Waals surface area (Å²) in [5.74, 6) is -1.47. The van der Waals surface area contributed by atoms with Crippen molar-refractivity contribution in [2.75, 3.05) is 37.5 Å². The third-order valence-electron chi connectivity index (χ3n) is 2.73. The summed E-state index contributed by atoms with van der Waals surface area (Å²) in [5, 5.41) is 2.99. The lowest BCUT2D eigenvalue weighted by atomic mass is 10.1. The quantitative estimate of drug-likeness (QED) is 0.784. The molecule has 0 saturated heterocycles. The predicted octanol–water partition coefficient (Wildman–Crippen LogP) is 2.13. The van der Waals surface area contributed by atoms with E-state index in [1.165, 1.54) is 13.2 Å². The molecule has 4 nitrogen and oxygen atoms in total. The van der Waals surface area contributed by atoms with Gasteiger partial charge in [-0.15, -0.1) is 0 Å². The summed E-state index contributed by atoms with van der Waals surface area (Å²) in [6, 6.07) is 1.48. The highest BCUT2D eigenvalue weighted by atomic mass is 35.5. The molecule has 1 N–H and O–H groups in total. The van der Waals surface area contributed by atoms with Gasteiger partial charge < -0.3 is 15.0 Å². The highest BCUT2D eigenvalue weighted by Crippen LogP contribution is 2.37. The average molecular weight is 259 g/mol. The van der Waals surface area contributed by atoms with Gasteiger partial charge in [-0.05, 0) is 6.07 Å². The minimum absolute atomic E-state index is 0.0908. The van der Waals surface area contributed by atoms with E-state index in [0.29, 0.717) is 24.5 Å². The standard InChI is InChI=1S/C11H12ClFN2O2/c1-15-4-3-14-7-5-6(12)9(13)8(10(7)15)11(16)17-2/h5,14H,3-4H2,1-2H3. The van der Waals surface area contributed by atoms with Gasteiger partial charge in [0, 0.05) is 20.1 Å². The number of fused-ring (bicyclic) bond motifs is 1. The highest BCUT2D eigenvalue weighted by molar-refractivity contribution is 6.31. The van der Waals surface area contributed by atoms with Crippen LogP contribution < -0.4 is 10.2 Å². The molecule has 2 rings (SSSR count). The van der Waals surface area contributed by atoms with Gasteiger partial charge in [0.05, 0.1) is 23.5 Å². The lowest BCUT2D eigenvalue weighted by Gasteiger charge is -2.30. The maximum absolute atomic E-state index is 13.9. The monoisotopic (exact) mass is 258 g/mol. The van der Waals surface area contributed by atoms with Gasteiger partial charge in [-0.25, -0.2) is 9.18 Å². The molecule has 1 aromatic carbocycles. The Hall–Kier alpha value is -1.49. The van der Waals surface area contributed by atoms with Crippen LogP contribution in [0.4, 0.5) is 15.8 Å². The topological polar surface area (TPSA) is 41.6 Å². The average Bonchev–Trinajstić information content (AvgIpc) is 2.31. The van der Waals surface area contributed by atoms with E-state index in [4.69, 9.17) is 11.6 Å². The number of benzene rings is 1. The molecule has 0 spiro atoms. The summed E-state index contributed by atoms with van der Waals surface area (Å²) in [6.07, 6.45) is 0. The maximum Gasteiger partial charge on any atom is 0.343 e. The second-order valence-electron chi connectivity index (χ2n) is 3.78. The van der Waals surface area contributed by atoms with Crippen molar-refractivity contribution in [1.29, 1.82) is 0 Å². The Balaban J connectivity index is 2.69. The van der Waals surface area contributed by atoms with Crippen LogP contribution in [0.5, 0.6) is 0 Å². The van der Waals surface area contributed by atoms with E-state index < -0.39 is 11.8 Å². The zero-order chi connectivity index (χ0) is 12.6. The van der Waals surface area contributed by atoms with Crippen LogP contribution in [0.3, 0.4) is 0 Å². The molecule has 92 valence electrons. The van der Waals surface area contributed by atoms with Crippen molar-refractivity contribution < 1.29 is 13.9 Å². The fraction of sp³-hybridized carbons (Fsp3) is 0.364. The van der Waals surface area contributed by atoms with E-state index in [-0.39, 0.29) is 10.6 Å². The number of hydrogen-bond acceptors (Lipinski definition) is 4. The normalized spacial score (nSPS) is 14.0. The van der Waals surface area contributed by atoms with Crippen LogP contribution in [0, 0.1) is 5.82 Å². The van der Waals surface area contributed by atoms with Crippen LogP contribution in [0.25, 0.3) is 0 Å². The second-order valence-corrected chi connectivity index (χ2v) is 4.19. The number of rotatable bonds is 1. The summed E-state index contributed by atoms with van der Waals surface area (Å²) in [5.41, 5.74) is 1.01. The van der Waals surface area contributed by atoms with Crippen LogP contribution >= 0.6 is 11.6 Å². The number of ether oxygens (including phenoxy) is 1. The minimum atomic E-state index is -0.743. The molecule has 0 unspecified atom stereocenters. The molecule has 0 fully saturated rings. The molecule has 1 heterocycles. The Morgan fingerprint density at radius 3 is 3.00 bits per heavy atom. The first kappa shape index (κ1) is 12.0. The molecule has 0 aliphatic carbocycles. The number of hydrogen-bond donors (Lipinski definition) is 1. The first-order valence-electron chi connectivity index (χ1n) is 5.11. The van der Waals surface area contributed by atoms with E-state index in [2.05, 4.69) is 10.1 Å². The summed E-state index contributed by atoms with van der Waals surface area (Å²) < 4.78 is 18.5. The van der Waals surface area contributed by atoms with Crippen LogP contribution in [-0.2, 0) is 4.74 Å². The van der Waals surface area contributed by atoms with Gasteiger partial charge in [0.1, 0.15) is 5.56 Å². The maximum atomic E-state index is 13.9. The van der Waals surface area contributed by atoms with E-state index in [1.807, 2.05) is 0 Å². The number of halogens is 2. The number of nitrogens with one attached hydrogen (secondary N) is 1. The second kappa shape index (κ2) is 4.41. The zero-order valence-corrected chi connectivity index (χ0v) is 10.3. The van der Waals surface area contributed by atoms with Crippen molar-refractivity contribution in [3.05, 3.63) is 22.5 Å². The first-order chi connectivity index (χ1) is 8.06. The van der Waals surface area contributed by atoms with Gasteiger partial charge in [-0.1, -0.05) is 11.6 Å². The van der Waals surface area contributed by atoms with Crippen molar-refractivity contribution in [1.82, 2.24) is 0 Å². The molecule has 0 aromatic heterocycles. The van der Waals surface area contributed by atoms with Gasteiger partial charge in [0.25, 0.3) is 0 Å². The van der Waals surface area contributed by atoms with Crippen molar-refractivity contribution in [3.63, 3.8) is 0 Å². The molecule has 1 aromatic rings. The number of carbonyl (C=O) groups is 1. The summed E-state index contributed by atoms with van der Waals surface area (Å²) in [4.78, 5) is 13.4. The van der Waals surface area contributed by atoms with E-state index in [9.17, 15) is 9.18 Å². The lowest BCUT2D eigenvalue weighted by Crippen LogP contribution is -2.32. The molecule has 17 heavy (non-hydrogen) atoms. The van der Waals surface area contributed by atoms with Gasteiger partial charge in [-0.3, -0.25) is 0 Å². The molecule has 0 saturated carbocycles. The van der Waals surface area contributed by atoms with Crippen molar-refractivity contribution in [3.8, 4) is 0 Å². The molecule has 0 amide bonds. The minimum Gasteiger partial charge on any atom is -0.465 e. The molecule has 0 atom stereocenters. The fourth-order valence-corrected chi connectivity index (χ4v) is 2.11. The number of anilines is 2. The SMILES string of the molecule is COC(=O)c1c(F)c(Cl)cc2c1N(C)CCN2. The molecule has 0 bridgehead atoms. The molecular weight excluding hydrogens is 247 g/mol. The molecule has 1 aliphatic rings. The number of esters is 1. The zero-order valence-electron chi connectivity index (χ0n) is 9.51. The summed E-state index contributed by atoms with van der Waals surface area (Å²) in [6.45, 7) is 1.39. The van der Waals surface area contributed by atoms with E-state index >= 15 is 0 Å². The van der Waals surface area contributed by atoms with Crippen LogP contribution in [0.15, 0.2) is 6.07 Å². The smallest absolute Gasteiger partial charge is 0.343 e. The van der Waals surface area contributed by atoms with E-state index in [0.717, 1.165) is 0 Å². The largest absolute Gasteiger partial charge is 0.465 e. The third-order valence-corrected chi connectivity index (χ3v) is 3.00. The lowest BCUT2D eigenvalue weighted by molar-refractivity contribution is 0.0596. The molecule has 6 heteroatoms. The van der Waals surface area contributed by atoms with Crippen LogP contribution in [0.2, 0.25) is 5.02 Å². The first-order valence-corrected chi connectivity index (χ1v) is 5.49. The highest BCUT2D eigenvalue weighted by Gasteiger charge is 2.27. The van der Waals surface area contributed by atoms with Gasteiger partial charge in [0.15, 0.2) is 5.82 Å². The Bertz CT molecular complexity index is 479. The number of likely N-dealkylation sites (N-methyl/N-ethyl adjacent to an activating group) is 1. The van der Waals surface area contributed by atoms with Gasteiger partial charge in [0.2, 0.25) is 0 Å². The van der Waals surface area contributed by atoms with Crippen molar-refractivity contribution >= 4 is 28.9 Å². The molecule has 1 aliphatic heterocycles. The Kier molecular flexibility index (Phi) is 3.11. The number of methoxy groups -OCH3 is 1. The van der Waals surface area contributed by atoms with Crippen LogP contribution in [-0.4, -0.2) is 33.2 Å². The number of nitrogens with zero attached hydrogens (tertiary/aromatic N) is 1. The van der Waals surface area contributed by atoms with Gasteiger partial charge >= 0.3 is 5.97 Å². The molecular formula is C11H12ClFN2O2. The third kappa shape index (κ3) is 1.91. The number of carbonyl (C=O) groups excluding carboxylic acids is 1. The Morgan fingerprint density at radius 1 is 1.65 bits per heavy atom. The fourth-order valence-electron chi connectivity index (χ4n) is 1.91. The summed E-state index contributed by atoms with van der Waals surface area (Å²) >= 11 is 5.76. The van der Waals surface area contributed by atoms with Gasteiger partial charge in [-0.2, -0.15) is 0 Å². The Labute approximate surface area is 103 Å². The summed E-state index contributed by atoms with van der Waals surface area (Å²) in [7, 11) is 3.00. The molecule has 0 radical (unpaired) electrons. The predicted molar refractivity (Wildman–Crippen MR) is 64.5 cm³/mol.